The van der Waals surface area contributed by atoms with Gasteiger partial charge in [-0.05, 0) is 73.5 Å². The van der Waals surface area contributed by atoms with E-state index in [2.05, 4.69) is 28.1 Å². The van der Waals surface area contributed by atoms with E-state index >= 15 is 0 Å². The highest BCUT2D eigenvalue weighted by Crippen LogP contribution is 2.43. The summed E-state index contributed by atoms with van der Waals surface area (Å²) in [6, 6.07) is 12.3. The summed E-state index contributed by atoms with van der Waals surface area (Å²) in [5, 5.41) is 10.3. The smallest absolute Gasteiger partial charge is 0.408 e. The Kier molecular flexibility index (Phi) is 6.72. The van der Waals surface area contributed by atoms with Crippen LogP contribution in [0.3, 0.4) is 0 Å². The molecule has 4 aliphatic rings. The van der Waals surface area contributed by atoms with Crippen LogP contribution in [0.25, 0.3) is 0 Å². The van der Waals surface area contributed by atoms with Crippen molar-refractivity contribution in [3.63, 3.8) is 0 Å². The number of hydrogen-bond acceptors (Lipinski definition) is 3. The number of halogens is 2. The molecule has 0 spiro atoms. The number of rotatable bonds is 2. The number of nitrogens with zero attached hydrogens (tertiary/aromatic N) is 3. The molecule has 2 bridgehead atoms. The van der Waals surface area contributed by atoms with Crippen LogP contribution >= 0.6 is 24.8 Å². The van der Waals surface area contributed by atoms with Crippen molar-refractivity contribution < 1.29 is 9.90 Å². The highest BCUT2D eigenvalue weighted by atomic mass is 35.5. The Hall–Kier alpha value is -1.82. The van der Waals surface area contributed by atoms with Crippen molar-refractivity contribution in [1.29, 1.82) is 0 Å². The minimum atomic E-state index is -0.820. The van der Waals surface area contributed by atoms with E-state index in [9.17, 15) is 9.90 Å². The average molecular weight is 436 g/mol. The third-order valence-electron chi connectivity index (χ3n) is 6.79. The van der Waals surface area contributed by atoms with Gasteiger partial charge in [0.1, 0.15) is 0 Å². The van der Waals surface area contributed by atoms with Crippen LogP contribution in [0.5, 0.6) is 0 Å². The summed E-state index contributed by atoms with van der Waals surface area (Å²) in [5.41, 5.74) is 3.39. The third-order valence-corrected chi connectivity index (χ3v) is 6.79. The maximum Gasteiger partial charge on any atom is 0.408 e. The second-order valence-electron chi connectivity index (χ2n) is 8.13. The molecule has 5 heterocycles. The maximum atomic E-state index is 12.5. The number of pyridine rings is 1. The lowest BCUT2D eigenvalue weighted by molar-refractivity contribution is -0.0134. The molecule has 7 heteroatoms. The number of aromatic nitrogens is 1. The first-order chi connectivity index (χ1) is 13.2. The largest absolute Gasteiger partial charge is 0.465 e. The molecule has 1 amide bonds. The minimum absolute atomic E-state index is 0. The van der Waals surface area contributed by atoms with E-state index in [1.54, 1.807) is 17.3 Å². The molecule has 3 atom stereocenters. The number of amides is 1. The molecular weight excluding hydrogens is 409 g/mol. The van der Waals surface area contributed by atoms with Crippen LogP contribution in [0.4, 0.5) is 4.79 Å². The van der Waals surface area contributed by atoms with Gasteiger partial charge in [-0.25, -0.2) is 4.79 Å². The first-order valence-corrected chi connectivity index (χ1v) is 9.95. The second kappa shape index (κ2) is 8.90. The molecule has 5 nitrogen and oxygen atoms in total. The minimum Gasteiger partial charge on any atom is -0.465 e. The van der Waals surface area contributed by atoms with Crippen LogP contribution in [-0.2, 0) is 6.42 Å². The van der Waals surface area contributed by atoms with Crippen molar-refractivity contribution in [3.05, 3.63) is 65.5 Å². The van der Waals surface area contributed by atoms with Crippen molar-refractivity contribution >= 4 is 30.9 Å². The fraction of sp³-hybridized carbons (Fsp3) is 0.455. The quantitative estimate of drug-likeness (QED) is 0.758. The molecule has 2 aromatic rings. The van der Waals surface area contributed by atoms with Crippen molar-refractivity contribution in [2.75, 3.05) is 13.1 Å². The van der Waals surface area contributed by atoms with E-state index in [0.29, 0.717) is 6.04 Å². The van der Waals surface area contributed by atoms with Gasteiger partial charge in [0.2, 0.25) is 0 Å². The fourth-order valence-electron chi connectivity index (χ4n) is 5.52. The summed E-state index contributed by atoms with van der Waals surface area (Å²) in [6.07, 6.45) is 7.15. The summed E-state index contributed by atoms with van der Waals surface area (Å²) in [5.74, 6) is 0.757. The van der Waals surface area contributed by atoms with E-state index in [4.69, 9.17) is 0 Å². The molecule has 156 valence electrons. The standard InChI is InChI=1S/C22H25N3O2.2ClH/c26-22(27)25-20(19-13-15-7-11-24(19)12-8-15)14-17-3-1-2-4-18(17)21(25)16-5-9-23-10-6-16;;/h1-6,9-10,15,19-21H,7-8,11-14H2,(H,26,27);2*1H. The number of fused-ring (bicyclic) bond motifs is 4. The van der Waals surface area contributed by atoms with Crippen molar-refractivity contribution in [2.24, 2.45) is 5.92 Å². The SMILES string of the molecule is Cl.Cl.O=C(O)N1C(c2ccncc2)c2ccccc2CC1C1CC2CCN1CC2. The Morgan fingerprint density at radius 3 is 2.31 bits per heavy atom. The van der Waals surface area contributed by atoms with E-state index in [0.717, 1.165) is 43.0 Å². The summed E-state index contributed by atoms with van der Waals surface area (Å²) in [7, 11) is 0. The molecule has 3 unspecified atom stereocenters. The van der Waals surface area contributed by atoms with Gasteiger partial charge in [-0.3, -0.25) is 14.8 Å². The van der Waals surface area contributed by atoms with Gasteiger partial charge in [0.25, 0.3) is 0 Å². The van der Waals surface area contributed by atoms with Gasteiger partial charge >= 0.3 is 6.09 Å². The van der Waals surface area contributed by atoms with Crippen LogP contribution in [0.15, 0.2) is 48.8 Å². The number of carbonyl (C=O) groups is 1. The molecule has 1 N–H and O–H groups in total. The van der Waals surface area contributed by atoms with Gasteiger partial charge in [-0.15, -0.1) is 24.8 Å². The van der Waals surface area contributed by atoms with E-state index in [1.807, 2.05) is 18.2 Å². The highest BCUT2D eigenvalue weighted by Gasteiger charge is 2.46. The zero-order valence-electron chi connectivity index (χ0n) is 16.2. The van der Waals surface area contributed by atoms with Crippen LogP contribution in [-0.4, -0.2) is 51.2 Å². The maximum absolute atomic E-state index is 12.5. The van der Waals surface area contributed by atoms with Crippen LogP contribution < -0.4 is 0 Å². The molecule has 6 rings (SSSR count). The Balaban J connectivity index is 0.00000120. The molecule has 0 radical (unpaired) electrons. The van der Waals surface area contributed by atoms with Gasteiger partial charge in [0, 0.05) is 18.4 Å². The highest BCUT2D eigenvalue weighted by molar-refractivity contribution is 5.85. The topological polar surface area (TPSA) is 56.7 Å². The normalized spacial score (nSPS) is 29.9. The van der Waals surface area contributed by atoms with Gasteiger partial charge in [0.15, 0.2) is 0 Å². The van der Waals surface area contributed by atoms with E-state index < -0.39 is 6.09 Å². The molecule has 3 saturated heterocycles. The lowest BCUT2D eigenvalue weighted by Gasteiger charge is -2.53. The van der Waals surface area contributed by atoms with Crippen LogP contribution in [0.2, 0.25) is 0 Å². The number of benzene rings is 1. The van der Waals surface area contributed by atoms with E-state index in [1.165, 1.54) is 18.4 Å². The van der Waals surface area contributed by atoms with Gasteiger partial charge in [-0.2, -0.15) is 0 Å². The lowest BCUT2D eigenvalue weighted by Crippen LogP contribution is -2.61. The summed E-state index contributed by atoms with van der Waals surface area (Å²) in [6.45, 7) is 2.22. The fourth-order valence-corrected chi connectivity index (χ4v) is 5.52. The number of piperidine rings is 3. The molecule has 0 saturated carbocycles. The summed E-state index contributed by atoms with van der Waals surface area (Å²) >= 11 is 0. The van der Waals surface area contributed by atoms with Gasteiger partial charge < -0.3 is 5.11 Å². The molecule has 1 aromatic heterocycles. The molecule has 1 aromatic carbocycles. The van der Waals surface area contributed by atoms with Crippen LogP contribution in [0.1, 0.15) is 42.0 Å². The zero-order valence-corrected chi connectivity index (χ0v) is 17.8. The number of hydrogen-bond donors (Lipinski definition) is 1. The Morgan fingerprint density at radius 1 is 1.00 bits per heavy atom. The Labute approximate surface area is 183 Å². The third kappa shape index (κ3) is 3.83. The molecule has 29 heavy (non-hydrogen) atoms. The lowest BCUT2D eigenvalue weighted by atomic mass is 9.75. The van der Waals surface area contributed by atoms with Crippen LogP contribution in [0, 0.1) is 5.92 Å². The summed E-state index contributed by atoms with van der Waals surface area (Å²) < 4.78 is 0. The predicted molar refractivity (Wildman–Crippen MR) is 117 cm³/mol. The predicted octanol–water partition coefficient (Wildman–Crippen LogP) is 4.40. The van der Waals surface area contributed by atoms with Gasteiger partial charge in [0.05, 0.1) is 12.1 Å². The molecule has 4 aliphatic heterocycles. The molecule has 3 fully saturated rings. The van der Waals surface area contributed by atoms with Crippen molar-refractivity contribution in [1.82, 2.24) is 14.8 Å². The monoisotopic (exact) mass is 435 g/mol. The second-order valence-corrected chi connectivity index (χ2v) is 8.13. The number of carboxylic acid groups (broad SMARTS) is 1. The van der Waals surface area contributed by atoms with Crippen molar-refractivity contribution in [2.45, 2.75) is 43.8 Å². The van der Waals surface area contributed by atoms with Crippen molar-refractivity contribution in [3.8, 4) is 0 Å². The summed E-state index contributed by atoms with van der Waals surface area (Å²) in [4.78, 5) is 20.9. The Bertz CT molecular complexity index is 843. The van der Waals surface area contributed by atoms with Gasteiger partial charge in [-0.1, -0.05) is 24.3 Å². The van der Waals surface area contributed by atoms with E-state index in [-0.39, 0.29) is 36.9 Å². The first kappa shape index (κ1) is 21.9. The Morgan fingerprint density at radius 2 is 1.69 bits per heavy atom. The zero-order chi connectivity index (χ0) is 18.4. The first-order valence-electron chi connectivity index (χ1n) is 9.95. The molecular formula is C22H27Cl2N3O2. The molecule has 0 aliphatic carbocycles. The average Bonchev–Trinajstić information content (AvgIpc) is 2.73.